The first-order valence-corrected chi connectivity index (χ1v) is 13.3. The van der Waals surface area contributed by atoms with Crippen LogP contribution in [0.15, 0.2) is 54.6 Å². The van der Waals surface area contributed by atoms with Crippen molar-refractivity contribution in [3.63, 3.8) is 0 Å². The normalized spacial score (nSPS) is 21.3. The molecule has 2 aliphatic heterocycles. The van der Waals surface area contributed by atoms with E-state index in [9.17, 15) is 14.4 Å². The summed E-state index contributed by atoms with van der Waals surface area (Å²) in [7, 11) is 0. The van der Waals surface area contributed by atoms with Crippen LogP contribution in [0.4, 0.5) is 0 Å². The van der Waals surface area contributed by atoms with Crippen molar-refractivity contribution >= 4 is 39.3 Å². The molecule has 0 bridgehead atoms. The number of esters is 1. The van der Waals surface area contributed by atoms with E-state index in [0.717, 1.165) is 52.9 Å². The van der Waals surface area contributed by atoms with E-state index in [1.54, 1.807) is 6.92 Å². The fraction of sp³-hybridized carbons (Fsp3) is 0.433. The van der Waals surface area contributed by atoms with Gasteiger partial charge < -0.3 is 15.4 Å². The van der Waals surface area contributed by atoms with Crippen LogP contribution in [0.1, 0.15) is 49.4 Å². The molecule has 5 rings (SSSR count). The molecule has 2 aliphatic rings. The third kappa shape index (κ3) is 4.92. The Balaban J connectivity index is 1.34. The molecule has 2 N–H and O–H groups in total. The number of benzene rings is 3. The van der Waals surface area contributed by atoms with E-state index in [2.05, 4.69) is 23.1 Å². The molecule has 1 unspecified atom stereocenters. The lowest BCUT2D eigenvalue weighted by Crippen LogP contribution is -2.55. The zero-order chi connectivity index (χ0) is 26.0. The van der Waals surface area contributed by atoms with Gasteiger partial charge in [-0.05, 0) is 66.8 Å². The van der Waals surface area contributed by atoms with Crippen molar-refractivity contribution in [2.45, 2.75) is 45.1 Å². The van der Waals surface area contributed by atoms with Crippen molar-refractivity contribution in [3.8, 4) is 0 Å². The maximum Gasteiger partial charge on any atom is 0.313 e. The molecule has 2 amide bonds. The number of nitrogens with zero attached hydrogens (tertiary/aromatic N) is 2. The third-order valence-corrected chi connectivity index (χ3v) is 8.08. The summed E-state index contributed by atoms with van der Waals surface area (Å²) in [5.74, 6) is -0.730. The average molecular weight is 502 g/mol. The molecule has 3 aromatic carbocycles. The standard InChI is InChI=1S/C30H35N3O4/c1-2-37-29(36)30(19-26(31)34)14-7-15-33(20-30)23-12-16-32(17-13-23)28(35)27-24-10-5-3-8-21(24)18-22-9-4-6-11-25(22)27/h3-6,8-11,18,23H,2,7,12-17,19-20H2,1H3,(H2,31,34). The quantitative estimate of drug-likeness (QED) is 0.405. The van der Waals surface area contributed by atoms with Gasteiger partial charge in [0.15, 0.2) is 0 Å². The Bertz CT molecular complexity index is 1280. The van der Waals surface area contributed by atoms with Gasteiger partial charge in [0, 0.05) is 32.1 Å². The van der Waals surface area contributed by atoms with Gasteiger partial charge in [-0.1, -0.05) is 48.5 Å². The number of carbonyl (C=O) groups is 3. The molecule has 3 aromatic rings. The van der Waals surface area contributed by atoms with Crippen LogP contribution in [-0.4, -0.2) is 66.4 Å². The number of hydrogen-bond donors (Lipinski definition) is 1. The largest absolute Gasteiger partial charge is 0.466 e. The lowest BCUT2D eigenvalue weighted by Gasteiger charge is -2.46. The molecule has 0 spiro atoms. The highest BCUT2D eigenvalue weighted by Crippen LogP contribution is 2.37. The summed E-state index contributed by atoms with van der Waals surface area (Å²) in [6.07, 6.45) is 3.08. The predicted molar refractivity (Wildman–Crippen MR) is 144 cm³/mol. The summed E-state index contributed by atoms with van der Waals surface area (Å²) in [5, 5.41) is 4.10. The highest BCUT2D eigenvalue weighted by molar-refractivity contribution is 6.18. The SMILES string of the molecule is CCOC(=O)C1(CC(N)=O)CCCN(C2CCN(C(=O)c3c4ccccc4cc4ccccc34)CC2)C1. The maximum atomic E-state index is 13.9. The van der Waals surface area contributed by atoms with Gasteiger partial charge >= 0.3 is 5.97 Å². The predicted octanol–water partition coefficient (Wildman–Crippen LogP) is 4.12. The molecular formula is C30H35N3O4. The van der Waals surface area contributed by atoms with Crippen LogP contribution in [-0.2, 0) is 14.3 Å². The fourth-order valence-corrected chi connectivity index (χ4v) is 6.32. The summed E-state index contributed by atoms with van der Waals surface area (Å²) in [4.78, 5) is 42.9. The summed E-state index contributed by atoms with van der Waals surface area (Å²) in [6.45, 7) is 4.71. The van der Waals surface area contributed by atoms with Crippen LogP contribution in [0.5, 0.6) is 0 Å². The van der Waals surface area contributed by atoms with Gasteiger partial charge in [0.1, 0.15) is 0 Å². The van der Waals surface area contributed by atoms with Gasteiger partial charge in [-0.2, -0.15) is 0 Å². The number of likely N-dealkylation sites (tertiary alicyclic amines) is 2. The smallest absolute Gasteiger partial charge is 0.313 e. The second kappa shape index (κ2) is 10.5. The average Bonchev–Trinajstić information content (AvgIpc) is 2.91. The zero-order valence-electron chi connectivity index (χ0n) is 21.4. The second-order valence-electron chi connectivity index (χ2n) is 10.4. The van der Waals surface area contributed by atoms with Gasteiger partial charge in [-0.15, -0.1) is 0 Å². The molecular weight excluding hydrogens is 466 g/mol. The van der Waals surface area contributed by atoms with Crippen LogP contribution in [0.3, 0.4) is 0 Å². The van der Waals surface area contributed by atoms with E-state index in [4.69, 9.17) is 10.5 Å². The molecule has 0 aliphatic carbocycles. The monoisotopic (exact) mass is 501 g/mol. The second-order valence-corrected chi connectivity index (χ2v) is 10.4. The van der Waals surface area contributed by atoms with E-state index in [-0.39, 0.29) is 30.9 Å². The first kappa shape index (κ1) is 25.2. The third-order valence-electron chi connectivity index (χ3n) is 8.08. The molecule has 1 atom stereocenters. The highest BCUT2D eigenvalue weighted by Gasteiger charge is 2.46. The molecule has 194 valence electrons. The van der Waals surface area contributed by atoms with Crippen LogP contribution in [0.2, 0.25) is 0 Å². The molecule has 0 saturated carbocycles. The van der Waals surface area contributed by atoms with Gasteiger partial charge in [0.05, 0.1) is 17.6 Å². The van der Waals surface area contributed by atoms with Crippen molar-refractivity contribution < 1.29 is 19.1 Å². The van der Waals surface area contributed by atoms with Gasteiger partial charge in [-0.25, -0.2) is 0 Å². The molecule has 7 nitrogen and oxygen atoms in total. The van der Waals surface area contributed by atoms with Crippen molar-refractivity contribution in [2.75, 3.05) is 32.8 Å². The van der Waals surface area contributed by atoms with Crippen molar-refractivity contribution in [1.29, 1.82) is 0 Å². The van der Waals surface area contributed by atoms with E-state index < -0.39 is 11.3 Å². The topological polar surface area (TPSA) is 92.9 Å². The molecule has 0 aromatic heterocycles. The van der Waals surface area contributed by atoms with Gasteiger partial charge in [-0.3, -0.25) is 19.3 Å². The number of ether oxygens (including phenoxy) is 1. The Kier molecular flexibility index (Phi) is 7.15. The van der Waals surface area contributed by atoms with Gasteiger partial charge in [0.25, 0.3) is 5.91 Å². The molecule has 2 saturated heterocycles. The molecule has 7 heteroatoms. The van der Waals surface area contributed by atoms with E-state index >= 15 is 0 Å². The fourth-order valence-electron chi connectivity index (χ4n) is 6.32. The minimum Gasteiger partial charge on any atom is -0.466 e. The van der Waals surface area contributed by atoms with Crippen LogP contribution < -0.4 is 5.73 Å². The van der Waals surface area contributed by atoms with Crippen molar-refractivity contribution in [1.82, 2.24) is 9.80 Å². The Morgan fingerprint density at radius 3 is 2.19 bits per heavy atom. The van der Waals surface area contributed by atoms with Crippen LogP contribution in [0, 0.1) is 5.41 Å². The number of hydrogen-bond acceptors (Lipinski definition) is 5. The Morgan fingerprint density at radius 2 is 1.59 bits per heavy atom. The molecule has 37 heavy (non-hydrogen) atoms. The first-order valence-electron chi connectivity index (χ1n) is 13.3. The minimum absolute atomic E-state index is 0.00776. The highest BCUT2D eigenvalue weighted by atomic mass is 16.5. The number of carbonyl (C=O) groups excluding carboxylic acids is 3. The molecule has 0 radical (unpaired) electrons. The number of primary amides is 1. The van der Waals surface area contributed by atoms with E-state index in [1.165, 1.54) is 0 Å². The lowest BCUT2D eigenvalue weighted by molar-refractivity contribution is -0.162. The maximum absolute atomic E-state index is 13.9. The van der Waals surface area contributed by atoms with Crippen LogP contribution >= 0.6 is 0 Å². The summed E-state index contributed by atoms with van der Waals surface area (Å²) in [6, 6.07) is 18.5. The van der Waals surface area contributed by atoms with E-state index in [0.29, 0.717) is 26.1 Å². The number of piperidine rings is 2. The lowest BCUT2D eigenvalue weighted by atomic mass is 9.76. The zero-order valence-corrected chi connectivity index (χ0v) is 21.4. The first-order chi connectivity index (χ1) is 17.9. The summed E-state index contributed by atoms with van der Waals surface area (Å²) in [5.41, 5.74) is 5.43. The van der Waals surface area contributed by atoms with E-state index in [1.807, 2.05) is 41.3 Å². The number of amides is 2. The summed E-state index contributed by atoms with van der Waals surface area (Å²) < 4.78 is 5.36. The number of nitrogens with two attached hydrogens (primary N) is 1. The summed E-state index contributed by atoms with van der Waals surface area (Å²) >= 11 is 0. The van der Waals surface area contributed by atoms with Crippen molar-refractivity contribution in [2.24, 2.45) is 11.1 Å². The Hall–Kier alpha value is -3.45. The van der Waals surface area contributed by atoms with Gasteiger partial charge in [0.2, 0.25) is 5.91 Å². The Labute approximate surface area is 217 Å². The number of fused-ring (bicyclic) bond motifs is 2. The molecule has 2 heterocycles. The molecule has 2 fully saturated rings. The minimum atomic E-state index is -0.880. The van der Waals surface area contributed by atoms with Crippen LogP contribution in [0.25, 0.3) is 21.5 Å². The van der Waals surface area contributed by atoms with Crippen molar-refractivity contribution in [3.05, 3.63) is 60.2 Å². The number of rotatable bonds is 6. The Morgan fingerprint density at radius 1 is 0.973 bits per heavy atom.